The maximum absolute atomic E-state index is 13.4. The van der Waals surface area contributed by atoms with Gasteiger partial charge in [-0.2, -0.15) is 25.6 Å². The molecule has 2 aliphatic rings. The third-order valence-electron chi connectivity index (χ3n) is 5.66. The van der Waals surface area contributed by atoms with Crippen molar-refractivity contribution < 1.29 is 43.5 Å². The molecule has 3 atom stereocenters. The van der Waals surface area contributed by atoms with Crippen LogP contribution in [0.3, 0.4) is 0 Å². The number of halogens is 3. The Kier molecular flexibility index (Phi) is 4.85. The summed E-state index contributed by atoms with van der Waals surface area (Å²) in [6.45, 7) is 1.70. The minimum atomic E-state index is -6.07. The fraction of sp³-hybridized carbons (Fsp3) is 0.923. The molecule has 0 radical (unpaired) electrons. The number of rotatable bonds is 7. The average molecular weight is 408 g/mol. The SMILES string of the molecule is CC1(C)C2CC[C@]1(CS(=O)(=O)OCC(F)C(F)(F)S(=O)(=O)O)C(=O)C2. The number of ketones is 1. The number of alkyl halides is 3. The molecule has 0 aromatic heterocycles. The van der Waals surface area contributed by atoms with Crippen LogP contribution in [0.1, 0.15) is 33.1 Å². The third kappa shape index (κ3) is 3.21. The van der Waals surface area contributed by atoms with E-state index in [1.54, 1.807) is 13.8 Å². The molecule has 0 spiro atoms. The summed E-state index contributed by atoms with van der Waals surface area (Å²) in [5, 5.41) is -5.21. The topological polar surface area (TPSA) is 115 Å². The highest BCUT2D eigenvalue weighted by molar-refractivity contribution is 7.87. The van der Waals surface area contributed by atoms with E-state index >= 15 is 0 Å². The largest absolute Gasteiger partial charge is 0.402 e. The van der Waals surface area contributed by atoms with Crippen molar-refractivity contribution in [3.63, 3.8) is 0 Å². The minimum absolute atomic E-state index is 0.00740. The molecule has 1 N–H and O–H groups in total. The van der Waals surface area contributed by atoms with Crippen LogP contribution in [0, 0.1) is 16.7 Å². The van der Waals surface area contributed by atoms with Crippen molar-refractivity contribution in [2.24, 2.45) is 16.7 Å². The Hall–Kier alpha value is -0.720. The fourth-order valence-electron chi connectivity index (χ4n) is 3.87. The van der Waals surface area contributed by atoms with Crippen LogP contribution in [0.4, 0.5) is 13.2 Å². The molecule has 0 aromatic rings. The summed E-state index contributed by atoms with van der Waals surface area (Å²) in [6.07, 6.45) is -2.43. The molecule has 2 bridgehead atoms. The first-order valence-electron chi connectivity index (χ1n) is 7.46. The normalized spacial score (nSPS) is 30.6. The fourth-order valence-corrected chi connectivity index (χ4v) is 5.96. The molecule has 0 aliphatic heterocycles. The lowest BCUT2D eigenvalue weighted by Gasteiger charge is -2.35. The van der Waals surface area contributed by atoms with Crippen LogP contribution in [0.15, 0.2) is 0 Å². The summed E-state index contributed by atoms with van der Waals surface area (Å²) in [6, 6.07) is 0. The predicted molar refractivity (Wildman–Crippen MR) is 79.7 cm³/mol. The first kappa shape index (κ1) is 20.6. The molecular weight excluding hydrogens is 389 g/mol. The van der Waals surface area contributed by atoms with Crippen LogP contribution in [-0.4, -0.2) is 51.0 Å². The van der Waals surface area contributed by atoms with Gasteiger partial charge in [0.05, 0.1) is 11.2 Å². The van der Waals surface area contributed by atoms with E-state index in [0.717, 1.165) is 0 Å². The Morgan fingerprint density at radius 1 is 1.32 bits per heavy atom. The number of Topliss-reactive ketones (excluding diaryl/α,β-unsaturated/α-hetero) is 1. The van der Waals surface area contributed by atoms with Gasteiger partial charge in [-0.15, -0.1) is 0 Å². The van der Waals surface area contributed by atoms with Crippen molar-refractivity contribution in [1.82, 2.24) is 0 Å². The molecule has 0 amide bonds. The molecule has 2 fully saturated rings. The molecule has 2 unspecified atom stereocenters. The zero-order chi connectivity index (χ0) is 19.5. The molecule has 0 aromatic carbocycles. The van der Waals surface area contributed by atoms with Gasteiger partial charge >= 0.3 is 15.4 Å². The summed E-state index contributed by atoms with van der Waals surface area (Å²) in [4.78, 5) is 12.3. The second-order valence-electron chi connectivity index (χ2n) is 7.16. The smallest absolute Gasteiger partial charge is 0.299 e. The Labute approximate surface area is 143 Å². The first-order valence-corrected chi connectivity index (χ1v) is 10.5. The van der Waals surface area contributed by atoms with Crippen molar-refractivity contribution in [3.8, 4) is 0 Å². The van der Waals surface area contributed by atoms with Gasteiger partial charge < -0.3 is 0 Å². The predicted octanol–water partition coefficient (Wildman–Crippen LogP) is 1.55. The van der Waals surface area contributed by atoms with Crippen molar-refractivity contribution in [1.29, 1.82) is 0 Å². The lowest BCUT2D eigenvalue weighted by molar-refractivity contribution is -0.128. The minimum Gasteiger partial charge on any atom is -0.299 e. The zero-order valence-corrected chi connectivity index (χ0v) is 15.2. The maximum atomic E-state index is 13.4. The summed E-state index contributed by atoms with van der Waals surface area (Å²) < 4.78 is 97.1. The van der Waals surface area contributed by atoms with E-state index in [9.17, 15) is 34.8 Å². The monoisotopic (exact) mass is 408 g/mol. The summed E-state index contributed by atoms with van der Waals surface area (Å²) in [5.74, 6) is -1.04. The van der Waals surface area contributed by atoms with Gasteiger partial charge in [-0.25, -0.2) is 4.39 Å². The number of carbonyl (C=O) groups excluding carboxylic acids is 1. The van der Waals surface area contributed by atoms with Gasteiger partial charge in [-0.3, -0.25) is 13.5 Å². The molecule has 0 saturated heterocycles. The summed E-state index contributed by atoms with van der Waals surface area (Å²) in [7, 11) is -10.7. The van der Waals surface area contributed by atoms with Gasteiger partial charge in [-0.05, 0) is 24.2 Å². The molecule has 2 rings (SSSR count). The molecule has 25 heavy (non-hydrogen) atoms. The Bertz CT molecular complexity index is 775. The van der Waals surface area contributed by atoms with Crippen molar-refractivity contribution in [3.05, 3.63) is 0 Å². The second-order valence-corrected chi connectivity index (χ2v) is 10.3. The Morgan fingerprint density at radius 2 is 1.88 bits per heavy atom. The lowest BCUT2D eigenvalue weighted by Crippen LogP contribution is -2.44. The van der Waals surface area contributed by atoms with E-state index < -0.39 is 54.9 Å². The van der Waals surface area contributed by atoms with Crippen LogP contribution < -0.4 is 0 Å². The molecule has 2 aliphatic carbocycles. The highest BCUT2D eigenvalue weighted by Gasteiger charge is 2.65. The van der Waals surface area contributed by atoms with E-state index in [1.165, 1.54) is 0 Å². The van der Waals surface area contributed by atoms with Gasteiger partial charge in [0.25, 0.3) is 10.1 Å². The van der Waals surface area contributed by atoms with Gasteiger partial charge in [0, 0.05) is 6.42 Å². The average Bonchev–Trinajstić information content (AvgIpc) is 2.77. The Morgan fingerprint density at radius 3 is 2.28 bits per heavy atom. The van der Waals surface area contributed by atoms with Gasteiger partial charge in [0.15, 0.2) is 0 Å². The van der Waals surface area contributed by atoms with Crippen molar-refractivity contribution in [2.75, 3.05) is 12.4 Å². The molecule has 0 heterocycles. The number of fused-ring (bicyclic) bond motifs is 2. The van der Waals surface area contributed by atoms with Crippen LogP contribution in [0.25, 0.3) is 0 Å². The van der Waals surface area contributed by atoms with Gasteiger partial charge in [-0.1, -0.05) is 13.8 Å². The van der Waals surface area contributed by atoms with E-state index in [2.05, 4.69) is 4.18 Å². The number of hydrogen-bond acceptors (Lipinski definition) is 6. The van der Waals surface area contributed by atoms with E-state index in [0.29, 0.717) is 12.8 Å². The van der Waals surface area contributed by atoms with Crippen LogP contribution in [-0.2, 0) is 29.2 Å². The molecule has 12 heteroatoms. The second kappa shape index (κ2) is 5.89. The highest BCUT2D eigenvalue weighted by Crippen LogP contribution is 2.64. The quantitative estimate of drug-likeness (QED) is 0.502. The van der Waals surface area contributed by atoms with Crippen molar-refractivity contribution in [2.45, 2.75) is 44.5 Å². The molecule has 146 valence electrons. The Balaban J connectivity index is 2.12. The molecular formula is C13H19F3O7S2. The third-order valence-corrected chi connectivity index (χ3v) is 7.95. The zero-order valence-electron chi connectivity index (χ0n) is 13.5. The van der Waals surface area contributed by atoms with Gasteiger partial charge in [0.1, 0.15) is 12.4 Å². The number of hydrogen-bond donors (Lipinski definition) is 1. The van der Waals surface area contributed by atoms with Crippen molar-refractivity contribution >= 4 is 26.0 Å². The standard InChI is InChI=1S/C13H19F3O7S2/c1-11(2)8-3-4-12(11,10(17)5-8)7-24(18,19)23-6-9(14)13(15,16)25(20,21)22/h8-9H,3-7H2,1-2H3,(H,20,21,22)/t8?,9?,12-/m0/s1. The van der Waals surface area contributed by atoms with Crippen LogP contribution in [0.2, 0.25) is 0 Å². The molecule has 7 nitrogen and oxygen atoms in total. The van der Waals surface area contributed by atoms with Crippen LogP contribution >= 0.6 is 0 Å². The lowest BCUT2D eigenvalue weighted by atomic mass is 9.70. The van der Waals surface area contributed by atoms with Crippen LogP contribution in [0.5, 0.6) is 0 Å². The summed E-state index contributed by atoms with van der Waals surface area (Å²) >= 11 is 0. The molecule has 2 saturated carbocycles. The van der Waals surface area contributed by atoms with E-state index in [4.69, 9.17) is 4.55 Å². The summed E-state index contributed by atoms with van der Waals surface area (Å²) in [5.41, 5.74) is -1.86. The number of carbonyl (C=O) groups is 1. The highest BCUT2D eigenvalue weighted by atomic mass is 32.2. The first-order chi connectivity index (χ1) is 11.1. The van der Waals surface area contributed by atoms with E-state index in [1.807, 2.05) is 0 Å². The van der Waals surface area contributed by atoms with E-state index in [-0.39, 0.29) is 18.1 Å². The van der Waals surface area contributed by atoms with Gasteiger partial charge in [0.2, 0.25) is 6.17 Å². The maximum Gasteiger partial charge on any atom is 0.402 e.